The Labute approximate surface area is 193 Å². The van der Waals surface area contributed by atoms with Gasteiger partial charge in [0, 0.05) is 44.4 Å². The van der Waals surface area contributed by atoms with Gasteiger partial charge in [-0.2, -0.15) is 0 Å². The number of aryl methyl sites for hydroxylation is 1. The van der Waals surface area contributed by atoms with Crippen molar-refractivity contribution in [3.8, 4) is 5.75 Å². The van der Waals surface area contributed by atoms with Gasteiger partial charge in [0.15, 0.2) is 5.96 Å². The lowest BCUT2D eigenvalue weighted by Crippen LogP contribution is -2.37. The van der Waals surface area contributed by atoms with E-state index >= 15 is 0 Å². The average Bonchev–Trinajstić information content (AvgIpc) is 3.21. The van der Waals surface area contributed by atoms with Gasteiger partial charge in [-0.15, -0.1) is 24.0 Å². The summed E-state index contributed by atoms with van der Waals surface area (Å²) in [6.07, 6.45) is 3.20. The molecule has 29 heavy (non-hydrogen) atoms. The van der Waals surface area contributed by atoms with Crippen molar-refractivity contribution in [2.75, 3.05) is 46.1 Å². The van der Waals surface area contributed by atoms with Crippen LogP contribution in [0.4, 0.5) is 0 Å². The topological polar surface area (TPSA) is 64.1 Å². The Morgan fingerprint density at radius 3 is 2.83 bits per heavy atom. The maximum atomic E-state index is 6.13. The van der Waals surface area contributed by atoms with Crippen molar-refractivity contribution >= 4 is 29.9 Å². The number of halogens is 1. The van der Waals surface area contributed by atoms with Crippen LogP contribution in [0.3, 0.4) is 0 Å². The van der Waals surface area contributed by atoms with E-state index in [1.807, 2.05) is 6.92 Å². The van der Waals surface area contributed by atoms with Crippen LogP contribution in [0.1, 0.15) is 44.2 Å². The van der Waals surface area contributed by atoms with E-state index in [1.165, 1.54) is 5.56 Å². The molecule has 0 bridgehead atoms. The number of unbranched alkanes of at least 4 members (excludes halogenated alkanes) is 1. The lowest BCUT2D eigenvalue weighted by molar-refractivity contribution is 0.143. The molecule has 6 nitrogen and oxygen atoms in total. The first-order valence-corrected chi connectivity index (χ1v) is 10.6. The lowest BCUT2D eigenvalue weighted by atomic mass is 10.1. The maximum Gasteiger partial charge on any atom is 0.191 e. The highest BCUT2D eigenvalue weighted by Crippen LogP contribution is 2.23. The van der Waals surface area contributed by atoms with Crippen molar-refractivity contribution in [2.24, 2.45) is 10.9 Å². The zero-order chi connectivity index (χ0) is 20.0. The molecule has 1 aliphatic rings. The minimum atomic E-state index is 0. The third kappa shape index (κ3) is 10.5. The number of ether oxygens (including phenoxy) is 3. The highest BCUT2D eigenvalue weighted by Gasteiger charge is 2.17. The number of rotatable bonds is 12. The number of nitrogens with zero attached hydrogens (tertiary/aromatic N) is 1. The molecule has 1 fully saturated rings. The van der Waals surface area contributed by atoms with Gasteiger partial charge < -0.3 is 24.8 Å². The van der Waals surface area contributed by atoms with Crippen LogP contribution < -0.4 is 15.4 Å². The molecule has 1 unspecified atom stereocenters. The van der Waals surface area contributed by atoms with Gasteiger partial charge in [0.2, 0.25) is 0 Å². The van der Waals surface area contributed by atoms with E-state index in [-0.39, 0.29) is 24.0 Å². The average molecular weight is 519 g/mol. The summed E-state index contributed by atoms with van der Waals surface area (Å²) in [6, 6.07) is 6.34. The summed E-state index contributed by atoms with van der Waals surface area (Å²) in [4.78, 5) is 4.75. The van der Waals surface area contributed by atoms with E-state index in [0.717, 1.165) is 76.1 Å². The van der Waals surface area contributed by atoms with Gasteiger partial charge in [-0.3, -0.25) is 0 Å². The number of hydrogen-bond acceptors (Lipinski definition) is 4. The molecule has 1 aromatic rings. The molecule has 0 aliphatic carbocycles. The standard InChI is InChI=1S/C22H37N3O3.HI/c1-4-23-22(24-11-6-7-12-26-5-2)25-15-20-9-8-18(3)14-21(20)28-17-19-10-13-27-16-19;/h8-9,14,19H,4-7,10-13,15-17H2,1-3H3,(H2,23,24,25);1H. The molecule has 1 aliphatic heterocycles. The molecule has 1 atom stereocenters. The highest BCUT2D eigenvalue weighted by atomic mass is 127. The molecular formula is C22H38IN3O3. The SMILES string of the molecule is CCNC(=NCc1ccc(C)cc1OCC1CCOC1)NCCCCOCC.I. The van der Waals surface area contributed by atoms with E-state index in [1.54, 1.807) is 0 Å². The van der Waals surface area contributed by atoms with Crippen LogP contribution in [0.25, 0.3) is 0 Å². The van der Waals surface area contributed by atoms with Gasteiger partial charge in [0.25, 0.3) is 0 Å². The number of nitrogens with one attached hydrogen (secondary N) is 2. The van der Waals surface area contributed by atoms with Gasteiger partial charge in [-0.1, -0.05) is 12.1 Å². The van der Waals surface area contributed by atoms with Crippen molar-refractivity contribution in [3.63, 3.8) is 0 Å². The van der Waals surface area contributed by atoms with E-state index in [9.17, 15) is 0 Å². The Morgan fingerprint density at radius 2 is 2.10 bits per heavy atom. The van der Waals surface area contributed by atoms with Crippen molar-refractivity contribution in [2.45, 2.75) is 46.6 Å². The van der Waals surface area contributed by atoms with Crippen LogP contribution in [0.2, 0.25) is 0 Å². The van der Waals surface area contributed by atoms with E-state index in [4.69, 9.17) is 19.2 Å². The molecule has 0 spiro atoms. The first-order chi connectivity index (χ1) is 13.7. The Balaban J connectivity index is 0.00000420. The molecule has 1 aromatic carbocycles. The second-order valence-corrected chi connectivity index (χ2v) is 7.18. The summed E-state index contributed by atoms with van der Waals surface area (Å²) in [5.41, 5.74) is 2.31. The van der Waals surface area contributed by atoms with Gasteiger partial charge in [0.1, 0.15) is 5.75 Å². The van der Waals surface area contributed by atoms with Crippen molar-refractivity contribution < 1.29 is 14.2 Å². The zero-order valence-corrected chi connectivity index (χ0v) is 20.5. The van der Waals surface area contributed by atoms with Gasteiger partial charge in [0.05, 0.1) is 19.8 Å². The Hall–Kier alpha value is -1.06. The molecule has 1 saturated heterocycles. The normalized spacial score (nSPS) is 16.4. The molecular weight excluding hydrogens is 481 g/mol. The van der Waals surface area contributed by atoms with Crippen LogP contribution in [-0.2, 0) is 16.0 Å². The number of hydrogen-bond donors (Lipinski definition) is 2. The monoisotopic (exact) mass is 519 g/mol. The number of guanidine groups is 1. The molecule has 1 heterocycles. The summed E-state index contributed by atoms with van der Waals surface area (Å²) < 4.78 is 17.0. The van der Waals surface area contributed by atoms with Crippen LogP contribution in [0.15, 0.2) is 23.2 Å². The number of benzene rings is 1. The quantitative estimate of drug-likeness (QED) is 0.190. The van der Waals surface area contributed by atoms with Crippen molar-refractivity contribution in [1.82, 2.24) is 10.6 Å². The Kier molecular flexibility index (Phi) is 14.1. The summed E-state index contributed by atoms with van der Waals surface area (Å²) in [5.74, 6) is 2.27. The molecule has 0 amide bonds. The first-order valence-electron chi connectivity index (χ1n) is 10.6. The van der Waals surface area contributed by atoms with Crippen molar-refractivity contribution in [1.29, 1.82) is 0 Å². The molecule has 166 valence electrons. The predicted octanol–water partition coefficient (Wildman–Crippen LogP) is 3.90. The second kappa shape index (κ2) is 15.7. The maximum absolute atomic E-state index is 6.13. The summed E-state index contributed by atoms with van der Waals surface area (Å²) in [5, 5.41) is 6.71. The van der Waals surface area contributed by atoms with Gasteiger partial charge in [-0.05, 0) is 51.7 Å². The second-order valence-electron chi connectivity index (χ2n) is 7.18. The highest BCUT2D eigenvalue weighted by molar-refractivity contribution is 14.0. The van der Waals surface area contributed by atoms with E-state index < -0.39 is 0 Å². The molecule has 0 saturated carbocycles. The molecule has 2 N–H and O–H groups in total. The van der Waals surface area contributed by atoms with E-state index in [2.05, 4.69) is 42.7 Å². The summed E-state index contributed by atoms with van der Waals surface area (Å²) in [7, 11) is 0. The third-order valence-corrected chi connectivity index (χ3v) is 4.68. The molecule has 0 radical (unpaired) electrons. The summed E-state index contributed by atoms with van der Waals surface area (Å²) >= 11 is 0. The minimum absolute atomic E-state index is 0. The van der Waals surface area contributed by atoms with Crippen LogP contribution in [0.5, 0.6) is 5.75 Å². The fraction of sp³-hybridized carbons (Fsp3) is 0.682. The minimum Gasteiger partial charge on any atom is -0.493 e. The molecule has 0 aromatic heterocycles. The van der Waals surface area contributed by atoms with E-state index in [0.29, 0.717) is 19.1 Å². The number of aliphatic imine (C=N–C) groups is 1. The van der Waals surface area contributed by atoms with Gasteiger partial charge in [-0.25, -0.2) is 4.99 Å². The fourth-order valence-electron chi connectivity index (χ4n) is 3.04. The van der Waals surface area contributed by atoms with Crippen LogP contribution in [0, 0.1) is 12.8 Å². The zero-order valence-electron chi connectivity index (χ0n) is 18.2. The fourth-order valence-corrected chi connectivity index (χ4v) is 3.04. The molecule has 7 heteroatoms. The third-order valence-electron chi connectivity index (χ3n) is 4.68. The van der Waals surface area contributed by atoms with Crippen LogP contribution in [-0.4, -0.2) is 52.1 Å². The van der Waals surface area contributed by atoms with Gasteiger partial charge >= 0.3 is 0 Å². The van der Waals surface area contributed by atoms with Crippen molar-refractivity contribution in [3.05, 3.63) is 29.3 Å². The Bertz CT molecular complexity index is 593. The smallest absolute Gasteiger partial charge is 0.191 e. The largest absolute Gasteiger partial charge is 0.493 e. The lowest BCUT2D eigenvalue weighted by Gasteiger charge is -2.15. The first kappa shape index (κ1) is 26.0. The van der Waals surface area contributed by atoms with Crippen LogP contribution >= 0.6 is 24.0 Å². The predicted molar refractivity (Wildman–Crippen MR) is 130 cm³/mol. The molecule has 2 rings (SSSR count). The Morgan fingerprint density at radius 1 is 1.24 bits per heavy atom. The summed E-state index contributed by atoms with van der Waals surface area (Å²) in [6.45, 7) is 12.5.